The van der Waals surface area contributed by atoms with E-state index >= 15 is 0 Å². The summed E-state index contributed by atoms with van der Waals surface area (Å²) in [6, 6.07) is 8.69. The third kappa shape index (κ3) is 3.31. The predicted octanol–water partition coefficient (Wildman–Crippen LogP) is 2.27. The quantitative estimate of drug-likeness (QED) is 0.755. The van der Waals surface area contributed by atoms with Crippen molar-refractivity contribution in [2.24, 2.45) is 0 Å². The zero-order valence-corrected chi connectivity index (χ0v) is 14.6. The first-order chi connectivity index (χ1) is 11.9. The van der Waals surface area contributed by atoms with Gasteiger partial charge in [0.1, 0.15) is 5.82 Å². The number of halogens is 1. The Bertz CT molecular complexity index is 1000. The summed E-state index contributed by atoms with van der Waals surface area (Å²) in [7, 11) is -2.12. The van der Waals surface area contributed by atoms with Crippen LogP contribution in [0.4, 0.5) is 4.39 Å². The lowest BCUT2D eigenvalue weighted by atomic mass is 10.2. The molecule has 0 aliphatic rings. The van der Waals surface area contributed by atoms with E-state index in [9.17, 15) is 12.8 Å². The molecule has 130 valence electrons. The van der Waals surface area contributed by atoms with Gasteiger partial charge in [-0.1, -0.05) is 6.07 Å². The summed E-state index contributed by atoms with van der Waals surface area (Å²) in [5, 5.41) is 7.26. The SMILES string of the molecule is CNCc1cc(S(=O)(=O)c2cccnc2)n(-c2cc(F)ccc2C)n1. The summed E-state index contributed by atoms with van der Waals surface area (Å²) >= 11 is 0. The molecule has 0 fully saturated rings. The van der Waals surface area contributed by atoms with Crippen molar-refractivity contribution in [3.05, 3.63) is 65.9 Å². The largest absolute Gasteiger partial charge is 0.314 e. The van der Waals surface area contributed by atoms with Crippen LogP contribution in [0.1, 0.15) is 11.3 Å². The van der Waals surface area contributed by atoms with Gasteiger partial charge < -0.3 is 5.32 Å². The molecular weight excluding hydrogens is 343 g/mol. The van der Waals surface area contributed by atoms with Gasteiger partial charge in [-0.05, 0) is 43.8 Å². The number of aryl methyl sites for hydroxylation is 1. The van der Waals surface area contributed by atoms with Crippen LogP contribution in [0.5, 0.6) is 0 Å². The van der Waals surface area contributed by atoms with Crippen LogP contribution < -0.4 is 5.32 Å². The van der Waals surface area contributed by atoms with Crippen LogP contribution in [0.3, 0.4) is 0 Å². The van der Waals surface area contributed by atoms with Crippen molar-refractivity contribution in [1.29, 1.82) is 0 Å². The van der Waals surface area contributed by atoms with Crippen molar-refractivity contribution >= 4 is 9.84 Å². The lowest BCUT2D eigenvalue weighted by Crippen LogP contribution is -2.11. The Morgan fingerprint density at radius 3 is 2.72 bits per heavy atom. The molecule has 3 rings (SSSR count). The molecule has 0 atom stereocenters. The smallest absolute Gasteiger partial charge is 0.225 e. The Morgan fingerprint density at radius 1 is 1.24 bits per heavy atom. The van der Waals surface area contributed by atoms with Crippen molar-refractivity contribution in [3.8, 4) is 5.69 Å². The molecule has 2 aromatic heterocycles. The van der Waals surface area contributed by atoms with Crippen LogP contribution >= 0.6 is 0 Å². The molecule has 0 bridgehead atoms. The van der Waals surface area contributed by atoms with Crippen molar-refractivity contribution in [3.63, 3.8) is 0 Å². The number of hydrogen-bond acceptors (Lipinski definition) is 5. The molecule has 0 unspecified atom stereocenters. The summed E-state index contributed by atoms with van der Waals surface area (Å²) in [6.07, 6.45) is 2.78. The maximum atomic E-state index is 13.7. The Hall–Kier alpha value is -2.58. The summed E-state index contributed by atoms with van der Waals surface area (Å²) in [4.78, 5) is 3.93. The highest BCUT2D eigenvalue weighted by molar-refractivity contribution is 7.91. The van der Waals surface area contributed by atoms with Gasteiger partial charge in [-0.15, -0.1) is 0 Å². The van der Waals surface area contributed by atoms with Crippen molar-refractivity contribution in [1.82, 2.24) is 20.1 Å². The van der Waals surface area contributed by atoms with Gasteiger partial charge in [0.2, 0.25) is 9.84 Å². The van der Waals surface area contributed by atoms with Gasteiger partial charge in [-0.2, -0.15) is 5.10 Å². The maximum absolute atomic E-state index is 13.7. The molecule has 0 spiro atoms. The van der Waals surface area contributed by atoms with Crippen LogP contribution in [-0.2, 0) is 16.4 Å². The molecule has 25 heavy (non-hydrogen) atoms. The first-order valence-corrected chi connectivity index (χ1v) is 9.07. The molecule has 1 N–H and O–H groups in total. The third-order valence-electron chi connectivity index (χ3n) is 3.70. The zero-order chi connectivity index (χ0) is 18.0. The lowest BCUT2D eigenvalue weighted by molar-refractivity contribution is 0.583. The summed E-state index contributed by atoms with van der Waals surface area (Å²) in [5.41, 5.74) is 1.63. The minimum atomic E-state index is -3.86. The molecule has 0 amide bonds. The highest BCUT2D eigenvalue weighted by Gasteiger charge is 2.25. The highest BCUT2D eigenvalue weighted by Crippen LogP contribution is 2.26. The highest BCUT2D eigenvalue weighted by atomic mass is 32.2. The second kappa shape index (κ2) is 6.73. The van der Waals surface area contributed by atoms with E-state index in [-0.39, 0.29) is 9.92 Å². The number of hydrogen-bond donors (Lipinski definition) is 1. The fraction of sp³-hybridized carbons (Fsp3) is 0.176. The molecule has 8 heteroatoms. The van der Waals surface area contributed by atoms with Crippen LogP contribution in [0.2, 0.25) is 0 Å². The molecule has 0 radical (unpaired) electrons. The minimum absolute atomic E-state index is 0.0283. The standard InChI is InChI=1S/C17H17FN4O2S/c1-12-5-6-13(18)8-16(12)22-17(9-14(21-22)10-19-2)25(23,24)15-4-3-7-20-11-15/h3-9,11,19H,10H2,1-2H3. The van der Waals surface area contributed by atoms with Crippen molar-refractivity contribution < 1.29 is 12.8 Å². The Kier molecular flexibility index (Phi) is 4.65. The van der Waals surface area contributed by atoms with E-state index in [1.54, 1.807) is 26.1 Å². The molecule has 6 nitrogen and oxygen atoms in total. The zero-order valence-electron chi connectivity index (χ0n) is 13.8. The molecule has 0 saturated heterocycles. The second-order valence-electron chi connectivity index (χ2n) is 5.54. The summed E-state index contributed by atoms with van der Waals surface area (Å²) in [6.45, 7) is 2.16. The van der Waals surface area contributed by atoms with Gasteiger partial charge in [0.25, 0.3) is 0 Å². The summed E-state index contributed by atoms with van der Waals surface area (Å²) < 4.78 is 41.1. The average Bonchev–Trinajstić information content (AvgIpc) is 3.03. The molecule has 3 aromatic rings. The fourth-order valence-corrected chi connectivity index (χ4v) is 3.84. The van der Waals surface area contributed by atoms with Gasteiger partial charge in [0.15, 0.2) is 5.03 Å². The second-order valence-corrected chi connectivity index (χ2v) is 7.44. The van der Waals surface area contributed by atoms with E-state index in [1.165, 1.54) is 41.3 Å². The van der Waals surface area contributed by atoms with Crippen LogP contribution in [0.15, 0.2) is 58.7 Å². The van der Waals surface area contributed by atoms with E-state index in [0.717, 1.165) is 0 Å². The molecule has 0 saturated carbocycles. The minimum Gasteiger partial charge on any atom is -0.314 e. The Balaban J connectivity index is 2.25. The van der Waals surface area contributed by atoms with Gasteiger partial charge >= 0.3 is 0 Å². The first kappa shape index (κ1) is 17.2. The molecule has 2 heterocycles. The van der Waals surface area contributed by atoms with E-state index in [1.807, 2.05) is 0 Å². The average molecular weight is 360 g/mol. The van der Waals surface area contributed by atoms with E-state index < -0.39 is 15.7 Å². The van der Waals surface area contributed by atoms with E-state index in [0.29, 0.717) is 23.5 Å². The number of aromatic nitrogens is 3. The molecule has 0 aliphatic heterocycles. The molecule has 0 aliphatic carbocycles. The number of rotatable bonds is 5. The maximum Gasteiger partial charge on any atom is 0.225 e. The van der Waals surface area contributed by atoms with Gasteiger partial charge in [-0.25, -0.2) is 17.5 Å². The van der Waals surface area contributed by atoms with Gasteiger partial charge in [-0.3, -0.25) is 4.98 Å². The number of nitrogens with zero attached hydrogens (tertiary/aromatic N) is 3. The van der Waals surface area contributed by atoms with Crippen LogP contribution in [-0.4, -0.2) is 30.2 Å². The number of benzene rings is 1. The first-order valence-electron chi connectivity index (χ1n) is 7.58. The van der Waals surface area contributed by atoms with Crippen molar-refractivity contribution in [2.45, 2.75) is 23.4 Å². The predicted molar refractivity (Wildman–Crippen MR) is 90.7 cm³/mol. The van der Waals surface area contributed by atoms with Gasteiger partial charge in [0.05, 0.1) is 16.3 Å². The van der Waals surface area contributed by atoms with Crippen LogP contribution in [0.25, 0.3) is 5.69 Å². The Morgan fingerprint density at radius 2 is 2.04 bits per heavy atom. The normalized spacial score (nSPS) is 11.6. The topological polar surface area (TPSA) is 76.9 Å². The van der Waals surface area contributed by atoms with Gasteiger partial charge in [0, 0.05) is 25.0 Å². The monoisotopic (exact) mass is 360 g/mol. The Labute approximate surface area is 145 Å². The van der Waals surface area contributed by atoms with Crippen molar-refractivity contribution in [2.75, 3.05) is 7.05 Å². The van der Waals surface area contributed by atoms with Crippen LogP contribution in [0, 0.1) is 12.7 Å². The van der Waals surface area contributed by atoms with E-state index in [2.05, 4.69) is 15.4 Å². The molecular formula is C17H17FN4O2S. The lowest BCUT2D eigenvalue weighted by Gasteiger charge is -2.11. The number of sulfone groups is 1. The molecule has 1 aromatic carbocycles. The fourth-order valence-electron chi connectivity index (χ4n) is 2.48. The third-order valence-corrected chi connectivity index (χ3v) is 5.41. The summed E-state index contributed by atoms with van der Waals surface area (Å²) in [5.74, 6) is -0.462. The van der Waals surface area contributed by atoms with E-state index in [4.69, 9.17) is 0 Å². The number of pyridine rings is 1. The number of nitrogens with one attached hydrogen (secondary N) is 1.